The van der Waals surface area contributed by atoms with Crippen LogP contribution in [0.5, 0.6) is 0 Å². The molecule has 5 heteroatoms. The van der Waals surface area contributed by atoms with Crippen molar-refractivity contribution in [3.8, 4) is 0 Å². The van der Waals surface area contributed by atoms with Crippen LogP contribution in [0.4, 0.5) is 0 Å². The Bertz CT molecular complexity index is 559. The molecule has 3 rings (SSSR count). The number of amides is 2. The Morgan fingerprint density at radius 2 is 1.54 bits per heavy atom. The predicted molar refractivity (Wildman–Crippen MR) is 93.8 cm³/mol. The summed E-state index contributed by atoms with van der Waals surface area (Å²) in [6.07, 6.45) is 2.23. The molecular formula is C19H27N3O2. The van der Waals surface area contributed by atoms with E-state index < -0.39 is 0 Å². The molecule has 0 unspecified atom stereocenters. The maximum atomic E-state index is 12.4. The van der Waals surface area contributed by atoms with E-state index in [4.69, 9.17) is 0 Å². The summed E-state index contributed by atoms with van der Waals surface area (Å²) in [5, 5.41) is 0. The van der Waals surface area contributed by atoms with Crippen LogP contribution in [0, 0.1) is 5.92 Å². The number of carbonyl (C=O) groups excluding carboxylic acids is 2. The predicted octanol–water partition coefficient (Wildman–Crippen LogP) is 1.70. The lowest BCUT2D eigenvalue weighted by Crippen LogP contribution is -2.52. The molecule has 0 radical (unpaired) electrons. The zero-order valence-electron chi connectivity index (χ0n) is 14.5. The summed E-state index contributed by atoms with van der Waals surface area (Å²) in [6.45, 7) is 7.46. The summed E-state index contributed by atoms with van der Waals surface area (Å²) >= 11 is 0. The highest BCUT2D eigenvalue weighted by molar-refractivity contribution is 5.94. The lowest BCUT2D eigenvalue weighted by molar-refractivity contribution is -0.134. The monoisotopic (exact) mass is 329 g/mol. The molecule has 0 atom stereocenters. The van der Waals surface area contributed by atoms with E-state index in [9.17, 15) is 9.59 Å². The van der Waals surface area contributed by atoms with Gasteiger partial charge in [0.05, 0.1) is 6.54 Å². The third-order valence-electron chi connectivity index (χ3n) is 5.18. The molecule has 24 heavy (non-hydrogen) atoms. The molecule has 2 aliphatic rings. The number of piperazine rings is 1. The zero-order valence-corrected chi connectivity index (χ0v) is 14.5. The molecule has 0 bridgehead atoms. The highest BCUT2D eigenvalue weighted by Crippen LogP contribution is 2.16. The zero-order chi connectivity index (χ0) is 16.9. The average molecular weight is 329 g/mol. The van der Waals surface area contributed by atoms with Crippen LogP contribution in [0.25, 0.3) is 0 Å². The summed E-state index contributed by atoms with van der Waals surface area (Å²) in [6, 6.07) is 9.41. The standard InChI is InChI=1S/C19H27N3O2/c1-16-7-9-21(10-8-16)18(23)15-20-11-13-22(14-12-20)19(24)17-5-3-2-4-6-17/h2-6,16H,7-15H2,1H3. The first-order valence-electron chi connectivity index (χ1n) is 8.98. The van der Waals surface area contributed by atoms with Gasteiger partial charge in [0.2, 0.25) is 5.91 Å². The van der Waals surface area contributed by atoms with Crippen molar-refractivity contribution in [3.05, 3.63) is 35.9 Å². The minimum Gasteiger partial charge on any atom is -0.342 e. The Morgan fingerprint density at radius 3 is 2.17 bits per heavy atom. The largest absolute Gasteiger partial charge is 0.342 e. The Kier molecular flexibility index (Phi) is 5.51. The average Bonchev–Trinajstić information content (AvgIpc) is 2.63. The second kappa shape index (κ2) is 7.79. The SMILES string of the molecule is CC1CCN(C(=O)CN2CCN(C(=O)c3ccccc3)CC2)CC1. The number of piperidine rings is 1. The summed E-state index contributed by atoms with van der Waals surface area (Å²) in [7, 11) is 0. The van der Waals surface area contributed by atoms with E-state index in [2.05, 4.69) is 11.8 Å². The highest BCUT2D eigenvalue weighted by atomic mass is 16.2. The summed E-state index contributed by atoms with van der Waals surface area (Å²) in [5.41, 5.74) is 0.740. The van der Waals surface area contributed by atoms with Gasteiger partial charge < -0.3 is 9.80 Å². The maximum absolute atomic E-state index is 12.4. The highest BCUT2D eigenvalue weighted by Gasteiger charge is 2.26. The van der Waals surface area contributed by atoms with Crippen LogP contribution in [0.1, 0.15) is 30.1 Å². The molecule has 1 aromatic carbocycles. The third-order valence-corrected chi connectivity index (χ3v) is 5.18. The van der Waals surface area contributed by atoms with Crippen LogP contribution < -0.4 is 0 Å². The molecule has 2 aliphatic heterocycles. The van der Waals surface area contributed by atoms with E-state index in [0.717, 1.165) is 50.5 Å². The van der Waals surface area contributed by atoms with Crippen molar-refractivity contribution in [3.63, 3.8) is 0 Å². The van der Waals surface area contributed by atoms with E-state index in [0.29, 0.717) is 19.6 Å². The molecule has 5 nitrogen and oxygen atoms in total. The van der Waals surface area contributed by atoms with Crippen LogP contribution >= 0.6 is 0 Å². The topological polar surface area (TPSA) is 43.9 Å². The van der Waals surface area contributed by atoms with E-state index in [1.54, 1.807) is 0 Å². The summed E-state index contributed by atoms with van der Waals surface area (Å²) < 4.78 is 0. The molecule has 0 saturated carbocycles. The molecule has 130 valence electrons. The minimum absolute atomic E-state index is 0.0894. The van der Waals surface area contributed by atoms with Crippen molar-refractivity contribution < 1.29 is 9.59 Å². The van der Waals surface area contributed by atoms with E-state index in [1.165, 1.54) is 0 Å². The Balaban J connectivity index is 1.45. The number of benzene rings is 1. The van der Waals surface area contributed by atoms with Gasteiger partial charge in [0, 0.05) is 44.8 Å². The quantitative estimate of drug-likeness (QED) is 0.848. The molecule has 2 saturated heterocycles. The Labute approximate surface area is 144 Å². The Hall–Kier alpha value is -1.88. The molecular weight excluding hydrogens is 302 g/mol. The fraction of sp³-hybridized carbons (Fsp3) is 0.579. The fourth-order valence-electron chi connectivity index (χ4n) is 3.42. The van der Waals surface area contributed by atoms with Gasteiger partial charge in [-0.25, -0.2) is 0 Å². The molecule has 0 aliphatic carbocycles. The number of likely N-dealkylation sites (tertiary alicyclic amines) is 1. The van der Waals surface area contributed by atoms with E-state index >= 15 is 0 Å². The van der Waals surface area contributed by atoms with Gasteiger partial charge in [-0.1, -0.05) is 25.1 Å². The smallest absolute Gasteiger partial charge is 0.253 e. The van der Waals surface area contributed by atoms with Gasteiger partial charge in [-0.3, -0.25) is 14.5 Å². The number of carbonyl (C=O) groups is 2. The van der Waals surface area contributed by atoms with Gasteiger partial charge in [0.25, 0.3) is 5.91 Å². The summed E-state index contributed by atoms with van der Waals surface area (Å²) in [5.74, 6) is 1.07. The minimum atomic E-state index is 0.0894. The lowest BCUT2D eigenvalue weighted by Gasteiger charge is -2.36. The van der Waals surface area contributed by atoms with Gasteiger partial charge in [-0.05, 0) is 30.9 Å². The molecule has 0 aromatic heterocycles. The fourth-order valence-corrected chi connectivity index (χ4v) is 3.42. The van der Waals surface area contributed by atoms with Crippen molar-refractivity contribution in [1.29, 1.82) is 0 Å². The first kappa shape index (κ1) is 17.0. The second-order valence-electron chi connectivity index (χ2n) is 7.00. The van der Waals surface area contributed by atoms with Crippen LogP contribution in [0.2, 0.25) is 0 Å². The van der Waals surface area contributed by atoms with Gasteiger partial charge in [-0.15, -0.1) is 0 Å². The van der Waals surface area contributed by atoms with Crippen LogP contribution in [-0.2, 0) is 4.79 Å². The van der Waals surface area contributed by atoms with Crippen LogP contribution in [0.15, 0.2) is 30.3 Å². The Morgan fingerprint density at radius 1 is 0.917 bits per heavy atom. The molecule has 1 aromatic rings. The first-order valence-corrected chi connectivity index (χ1v) is 8.98. The third kappa shape index (κ3) is 4.15. The van der Waals surface area contributed by atoms with Crippen molar-refractivity contribution in [2.75, 3.05) is 45.8 Å². The second-order valence-corrected chi connectivity index (χ2v) is 7.00. The molecule has 2 amide bonds. The summed E-state index contributed by atoms with van der Waals surface area (Å²) in [4.78, 5) is 30.9. The van der Waals surface area contributed by atoms with Gasteiger partial charge in [0.15, 0.2) is 0 Å². The number of hydrogen-bond acceptors (Lipinski definition) is 3. The van der Waals surface area contributed by atoms with Gasteiger partial charge in [0.1, 0.15) is 0 Å². The van der Waals surface area contributed by atoms with Crippen molar-refractivity contribution >= 4 is 11.8 Å². The normalized spacial score (nSPS) is 20.2. The number of rotatable bonds is 3. The maximum Gasteiger partial charge on any atom is 0.253 e. The molecule has 2 fully saturated rings. The molecule has 0 spiro atoms. The van der Waals surface area contributed by atoms with Gasteiger partial charge in [-0.2, -0.15) is 0 Å². The first-order chi connectivity index (χ1) is 11.6. The molecule has 2 heterocycles. The van der Waals surface area contributed by atoms with Crippen molar-refractivity contribution in [2.45, 2.75) is 19.8 Å². The number of nitrogens with zero attached hydrogens (tertiary/aromatic N) is 3. The van der Waals surface area contributed by atoms with Gasteiger partial charge >= 0.3 is 0 Å². The number of hydrogen-bond donors (Lipinski definition) is 0. The van der Waals surface area contributed by atoms with E-state index in [-0.39, 0.29) is 11.8 Å². The van der Waals surface area contributed by atoms with Crippen molar-refractivity contribution in [2.24, 2.45) is 5.92 Å². The van der Waals surface area contributed by atoms with E-state index in [1.807, 2.05) is 40.1 Å². The lowest BCUT2D eigenvalue weighted by atomic mass is 9.99. The van der Waals surface area contributed by atoms with Crippen LogP contribution in [-0.4, -0.2) is 72.3 Å². The molecule has 0 N–H and O–H groups in total. The van der Waals surface area contributed by atoms with Crippen molar-refractivity contribution in [1.82, 2.24) is 14.7 Å². The van der Waals surface area contributed by atoms with Crippen LogP contribution in [0.3, 0.4) is 0 Å².